The van der Waals surface area contributed by atoms with Crippen LogP contribution in [0, 0.1) is 0 Å². The molecule has 1 N–H and O–H groups in total. The topological polar surface area (TPSA) is 58.9 Å². The second kappa shape index (κ2) is 7.03. The van der Waals surface area contributed by atoms with Crippen molar-refractivity contribution in [3.05, 3.63) is 39.9 Å². The van der Waals surface area contributed by atoms with Gasteiger partial charge in [0.05, 0.1) is 0 Å². The Bertz CT molecular complexity index is 478. The molecule has 0 saturated carbocycles. The van der Waals surface area contributed by atoms with Crippen molar-refractivity contribution in [1.82, 2.24) is 0 Å². The van der Waals surface area contributed by atoms with E-state index in [1.54, 1.807) is 30.4 Å². The Hall–Kier alpha value is -1.52. The van der Waals surface area contributed by atoms with E-state index < -0.39 is 5.97 Å². The number of hydrogen-bond acceptors (Lipinski definition) is 3. The van der Waals surface area contributed by atoms with Crippen LogP contribution in [0.1, 0.15) is 12.5 Å². The molecule has 18 heavy (non-hydrogen) atoms. The highest BCUT2D eigenvalue weighted by molar-refractivity contribution is 6.35. The first-order valence-corrected chi connectivity index (χ1v) is 5.77. The second-order valence-corrected chi connectivity index (χ2v) is 4.26. The lowest BCUT2D eigenvalue weighted by Crippen LogP contribution is -2.08. The van der Waals surface area contributed by atoms with Gasteiger partial charge in [-0.25, -0.2) is 4.79 Å². The lowest BCUT2D eigenvalue weighted by atomic mass is 10.2. The molecule has 0 atom stereocenters. The molecule has 6 heteroatoms. The molecule has 0 amide bonds. The van der Waals surface area contributed by atoms with Crippen LogP contribution in [0.15, 0.2) is 29.4 Å². The maximum Gasteiger partial charge on any atom is 0.353 e. The molecule has 0 aliphatic carbocycles. The number of carbonyl (C=O) groups is 1. The minimum absolute atomic E-state index is 0.103. The van der Waals surface area contributed by atoms with Crippen molar-refractivity contribution in [2.24, 2.45) is 5.16 Å². The molecule has 0 fully saturated rings. The van der Waals surface area contributed by atoms with Crippen LogP contribution in [-0.4, -0.2) is 23.4 Å². The van der Waals surface area contributed by atoms with Gasteiger partial charge in [-0.2, -0.15) is 0 Å². The predicted octanol–water partition coefficient (Wildman–Crippen LogP) is 3.48. The summed E-state index contributed by atoms with van der Waals surface area (Å²) in [6.45, 7) is 1.51. The number of nitrogens with zero attached hydrogens (tertiary/aromatic N) is 1. The minimum Gasteiger partial charge on any atom is -0.477 e. The smallest absolute Gasteiger partial charge is 0.353 e. The van der Waals surface area contributed by atoms with Crippen LogP contribution in [0.5, 0.6) is 0 Å². The molecule has 1 rings (SSSR count). The molecule has 0 unspecified atom stereocenters. The molecular formula is C12H11Cl2NO3. The van der Waals surface area contributed by atoms with Gasteiger partial charge in [-0.05, 0) is 36.8 Å². The molecule has 0 saturated heterocycles. The largest absolute Gasteiger partial charge is 0.477 e. The summed E-state index contributed by atoms with van der Waals surface area (Å²) in [5.41, 5.74) is 0.726. The molecule has 1 aromatic rings. The summed E-state index contributed by atoms with van der Waals surface area (Å²) in [7, 11) is 0. The Morgan fingerprint density at radius 3 is 2.56 bits per heavy atom. The molecule has 0 spiro atoms. The Morgan fingerprint density at radius 2 is 2.00 bits per heavy atom. The normalized spacial score (nSPS) is 11.8. The quantitative estimate of drug-likeness (QED) is 0.512. The van der Waals surface area contributed by atoms with E-state index in [0.29, 0.717) is 10.0 Å². The Kier molecular flexibility index (Phi) is 5.68. The van der Waals surface area contributed by atoms with Crippen molar-refractivity contribution < 1.29 is 14.7 Å². The third kappa shape index (κ3) is 5.21. The first kappa shape index (κ1) is 14.5. The fourth-order valence-corrected chi connectivity index (χ4v) is 1.61. The molecule has 0 aromatic heterocycles. The van der Waals surface area contributed by atoms with Crippen molar-refractivity contribution in [2.75, 3.05) is 6.61 Å². The fourth-order valence-electron chi connectivity index (χ4n) is 1.07. The molecule has 96 valence electrons. The van der Waals surface area contributed by atoms with E-state index in [1.807, 2.05) is 0 Å². The van der Waals surface area contributed by atoms with E-state index in [1.165, 1.54) is 6.92 Å². The van der Waals surface area contributed by atoms with Crippen LogP contribution in [0.3, 0.4) is 0 Å². The first-order valence-electron chi connectivity index (χ1n) is 5.01. The van der Waals surface area contributed by atoms with Crippen molar-refractivity contribution >= 4 is 41.0 Å². The Morgan fingerprint density at radius 1 is 1.39 bits per heavy atom. The van der Waals surface area contributed by atoms with Crippen LogP contribution in [0.4, 0.5) is 0 Å². The zero-order chi connectivity index (χ0) is 13.5. The van der Waals surface area contributed by atoms with Gasteiger partial charge < -0.3 is 9.94 Å². The van der Waals surface area contributed by atoms with E-state index in [2.05, 4.69) is 5.16 Å². The van der Waals surface area contributed by atoms with Crippen LogP contribution in [0.25, 0.3) is 6.08 Å². The predicted molar refractivity (Wildman–Crippen MR) is 72.2 cm³/mol. The van der Waals surface area contributed by atoms with Crippen LogP contribution in [0.2, 0.25) is 10.0 Å². The summed E-state index contributed by atoms with van der Waals surface area (Å²) < 4.78 is 0. The summed E-state index contributed by atoms with van der Waals surface area (Å²) in [5.74, 6) is -1.11. The SMILES string of the molecule is C/C(=N/OC/C=C/c1cc(Cl)cc(Cl)c1)C(=O)O. The highest BCUT2D eigenvalue weighted by Gasteiger charge is 2.00. The van der Waals surface area contributed by atoms with Crippen molar-refractivity contribution in [3.63, 3.8) is 0 Å². The average molecular weight is 288 g/mol. The zero-order valence-corrected chi connectivity index (χ0v) is 11.1. The minimum atomic E-state index is -1.11. The fraction of sp³-hybridized carbons (Fsp3) is 0.167. The van der Waals surface area contributed by atoms with Gasteiger partial charge in [0, 0.05) is 10.0 Å². The summed E-state index contributed by atoms with van der Waals surface area (Å²) in [4.78, 5) is 15.2. The molecule has 1 aromatic carbocycles. The molecule has 4 nitrogen and oxygen atoms in total. The second-order valence-electron chi connectivity index (χ2n) is 3.38. The average Bonchev–Trinajstić information content (AvgIpc) is 2.26. The summed E-state index contributed by atoms with van der Waals surface area (Å²) in [6, 6.07) is 5.13. The third-order valence-corrected chi connectivity index (χ3v) is 2.31. The molecule has 0 radical (unpaired) electrons. The van der Waals surface area contributed by atoms with Crippen molar-refractivity contribution in [2.45, 2.75) is 6.92 Å². The van der Waals surface area contributed by atoms with E-state index in [-0.39, 0.29) is 12.3 Å². The van der Waals surface area contributed by atoms with Gasteiger partial charge >= 0.3 is 5.97 Å². The zero-order valence-electron chi connectivity index (χ0n) is 9.56. The van der Waals surface area contributed by atoms with Gasteiger partial charge in [0.25, 0.3) is 0 Å². The number of aliphatic carboxylic acids is 1. The van der Waals surface area contributed by atoms with Gasteiger partial charge in [0.2, 0.25) is 0 Å². The number of hydrogen-bond donors (Lipinski definition) is 1. The molecule has 0 aliphatic heterocycles. The van der Waals surface area contributed by atoms with Gasteiger partial charge in [-0.1, -0.05) is 34.4 Å². The molecule has 0 bridgehead atoms. The number of rotatable bonds is 5. The van der Waals surface area contributed by atoms with Crippen LogP contribution in [-0.2, 0) is 9.63 Å². The van der Waals surface area contributed by atoms with E-state index in [9.17, 15) is 4.79 Å². The van der Waals surface area contributed by atoms with Gasteiger partial charge in [-0.3, -0.25) is 0 Å². The van der Waals surface area contributed by atoms with E-state index >= 15 is 0 Å². The van der Waals surface area contributed by atoms with Gasteiger partial charge in [0.1, 0.15) is 6.61 Å². The summed E-state index contributed by atoms with van der Waals surface area (Å²) in [6.07, 6.45) is 3.43. The van der Waals surface area contributed by atoms with Crippen LogP contribution >= 0.6 is 23.2 Å². The number of benzene rings is 1. The van der Waals surface area contributed by atoms with E-state index in [0.717, 1.165) is 5.56 Å². The van der Waals surface area contributed by atoms with Crippen LogP contribution < -0.4 is 0 Å². The Balaban J connectivity index is 2.51. The summed E-state index contributed by atoms with van der Waals surface area (Å²) >= 11 is 11.7. The van der Waals surface area contributed by atoms with E-state index in [4.69, 9.17) is 33.1 Å². The number of oxime groups is 1. The van der Waals surface area contributed by atoms with Gasteiger partial charge in [-0.15, -0.1) is 0 Å². The first-order chi connectivity index (χ1) is 8.49. The standard InChI is InChI=1S/C12H11Cl2NO3/c1-8(12(16)17)15-18-4-2-3-9-5-10(13)7-11(14)6-9/h2-3,5-7H,4H2,1H3,(H,16,17)/b3-2+,15-8-. The third-order valence-electron chi connectivity index (χ3n) is 1.88. The molecular weight excluding hydrogens is 277 g/mol. The lowest BCUT2D eigenvalue weighted by molar-refractivity contribution is -0.129. The monoisotopic (exact) mass is 287 g/mol. The number of carboxylic acid groups (broad SMARTS) is 1. The molecule has 0 aliphatic rings. The summed E-state index contributed by atoms with van der Waals surface area (Å²) in [5, 5.41) is 13.0. The lowest BCUT2D eigenvalue weighted by Gasteiger charge is -1.97. The number of carboxylic acids is 1. The van der Waals surface area contributed by atoms with Crippen molar-refractivity contribution in [1.29, 1.82) is 0 Å². The highest BCUT2D eigenvalue weighted by Crippen LogP contribution is 2.19. The highest BCUT2D eigenvalue weighted by atomic mass is 35.5. The number of halogens is 2. The molecule has 0 heterocycles. The maximum atomic E-state index is 10.4. The van der Waals surface area contributed by atoms with Crippen molar-refractivity contribution in [3.8, 4) is 0 Å². The maximum absolute atomic E-state index is 10.4. The Labute approximate surface area is 114 Å². The van der Waals surface area contributed by atoms with Gasteiger partial charge in [0.15, 0.2) is 5.71 Å².